The standard InChI is InChI=1S/C12H22N2S/c1-5-8-13-12(6-2,7-3)11-14-10(4)9-15-11/h9,13H,5-8H2,1-4H3. The fourth-order valence-corrected chi connectivity index (χ4v) is 2.93. The molecule has 0 amide bonds. The summed E-state index contributed by atoms with van der Waals surface area (Å²) in [6.07, 6.45) is 3.39. The molecule has 0 radical (unpaired) electrons. The van der Waals surface area contributed by atoms with Crippen molar-refractivity contribution in [3.8, 4) is 0 Å². The van der Waals surface area contributed by atoms with Crippen molar-refractivity contribution in [1.29, 1.82) is 0 Å². The first-order valence-electron chi connectivity index (χ1n) is 5.86. The van der Waals surface area contributed by atoms with Gasteiger partial charge in [-0.1, -0.05) is 20.8 Å². The maximum atomic E-state index is 4.63. The van der Waals surface area contributed by atoms with Gasteiger partial charge in [0.1, 0.15) is 5.01 Å². The molecular formula is C12H22N2S. The lowest BCUT2D eigenvalue weighted by molar-refractivity contribution is 0.307. The van der Waals surface area contributed by atoms with Gasteiger partial charge in [-0.25, -0.2) is 4.98 Å². The zero-order valence-electron chi connectivity index (χ0n) is 10.3. The smallest absolute Gasteiger partial charge is 0.113 e. The van der Waals surface area contributed by atoms with Gasteiger partial charge in [-0.15, -0.1) is 11.3 Å². The molecule has 0 saturated carbocycles. The fraction of sp³-hybridized carbons (Fsp3) is 0.750. The normalized spacial score (nSPS) is 12.0. The molecule has 0 unspecified atom stereocenters. The molecule has 1 aromatic heterocycles. The summed E-state index contributed by atoms with van der Waals surface area (Å²) in [5, 5.41) is 7.05. The van der Waals surface area contributed by atoms with E-state index >= 15 is 0 Å². The quantitative estimate of drug-likeness (QED) is 0.803. The van der Waals surface area contributed by atoms with Gasteiger partial charge in [0.05, 0.1) is 5.54 Å². The first-order valence-corrected chi connectivity index (χ1v) is 6.74. The van der Waals surface area contributed by atoms with Crippen molar-refractivity contribution in [2.45, 2.75) is 52.5 Å². The minimum absolute atomic E-state index is 0.106. The zero-order chi connectivity index (χ0) is 11.3. The van der Waals surface area contributed by atoms with Crippen LogP contribution in [0.25, 0.3) is 0 Å². The molecule has 0 spiro atoms. The van der Waals surface area contributed by atoms with Crippen molar-refractivity contribution in [3.63, 3.8) is 0 Å². The summed E-state index contributed by atoms with van der Waals surface area (Å²) in [4.78, 5) is 4.63. The van der Waals surface area contributed by atoms with Crippen LogP contribution in [0.15, 0.2) is 5.38 Å². The summed E-state index contributed by atoms with van der Waals surface area (Å²) in [6.45, 7) is 9.82. The van der Waals surface area contributed by atoms with E-state index in [4.69, 9.17) is 0 Å². The van der Waals surface area contributed by atoms with E-state index in [-0.39, 0.29) is 5.54 Å². The first kappa shape index (κ1) is 12.7. The fourth-order valence-electron chi connectivity index (χ4n) is 1.82. The Morgan fingerprint density at radius 3 is 2.40 bits per heavy atom. The second-order valence-electron chi connectivity index (χ2n) is 4.01. The van der Waals surface area contributed by atoms with Gasteiger partial charge in [-0.2, -0.15) is 0 Å². The number of rotatable bonds is 6. The predicted molar refractivity (Wildman–Crippen MR) is 67.4 cm³/mol. The molecule has 0 aliphatic carbocycles. The second-order valence-corrected chi connectivity index (χ2v) is 4.87. The van der Waals surface area contributed by atoms with Crippen LogP contribution in [0.4, 0.5) is 0 Å². The summed E-state index contributed by atoms with van der Waals surface area (Å²) < 4.78 is 0. The Hall–Kier alpha value is -0.410. The van der Waals surface area contributed by atoms with Crippen molar-refractivity contribution in [3.05, 3.63) is 16.1 Å². The lowest BCUT2D eigenvalue weighted by atomic mass is 9.93. The predicted octanol–water partition coefficient (Wildman–Crippen LogP) is 3.47. The maximum Gasteiger partial charge on any atom is 0.113 e. The van der Waals surface area contributed by atoms with E-state index in [0.29, 0.717) is 0 Å². The van der Waals surface area contributed by atoms with Gasteiger partial charge in [0.2, 0.25) is 0 Å². The van der Waals surface area contributed by atoms with Crippen molar-refractivity contribution < 1.29 is 0 Å². The number of nitrogens with zero attached hydrogens (tertiary/aromatic N) is 1. The topological polar surface area (TPSA) is 24.9 Å². The van der Waals surface area contributed by atoms with Crippen LogP contribution < -0.4 is 5.32 Å². The van der Waals surface area contributed by atoms with E-state index in [0.717, 1.165) is 25.1 Å². The summed E-state index contributed by atoms with van der Waals surface area (Å²) >= 11 is 1.78. The number of aromatic nitrogens is 1. The minimum atomic E-state index is 0.106. The van der Waals surface area contributed by atoms with Crippen LogP contribution in [0.3, 0.4) is 0 Å². The zero-order valence-corrected chi connectivity index (χ0v) is 11.1. The van der Waals surface area contributed by atoms with Crippen molar-refractivity contribution >= 4 is 11.3 Å². The molecule has 0 aromatic carbocycles. The van der Waals surface area contributed by atoms with Crippen LogP contribution >= 0.6 is 11.3 Å². The Kier molecular flexibility index (Phi) is 4.74. The molecule has 0 aliphatic rings. The van der Waals surface area contributed by atoms with E-state index in [1.54, 1.807) is 11.3 Å². The Balaban J connectivity index is 2.88. The lowest BCUT2D eigenvalue weighted by Crippen LogP contribution is -2.41. The van der Waals surface area contributed by atoms with Crippen LogP contribution in [0.2, 0.25) is 0 Å². The van der Waals surface area contributed by atoms with Gasteiger partial charge in [-0.05, 0) is 32.7 Å². The Labute approximate surface area is 97.1 Å². The maximum absolute atomic E-state index is 4.63. The molecule has 3 heteroatoms. The first-order chi connectivity index (χ1) is 7.18. The Bertz CT molecular complexity index is 290. The van der Waals surface area contributed by atoms with Gasteiger partial charge in [0, 0.05) is 11.1 Å². The molecule has 2 nitrogen and oxygen atoms in total. The van der Waals surface area contributed by atoms with Crippen molar-refractivity contribution in [1.82, 2.24) is 10.3 Å². The SMILES string of the molecule is CCCNC(CC)(CC)c1nc(C)cs1. The minimum Gasteiger partial charge on any atom is -0.305 e. The molecule has 86 valence electrons. The van der Waals surface area contributed by atoms with Crippen LogP contribution in [-0.2, 0) is 5.54 Å². The van der Waals surface area contributed by atoms with Gasteiger partial charge in [0.15, 0.2) is 0 Å². The van der Waals surface area contributed by atoms with E-state index in [9.17, 15) is 0 Å². The van der Waals surface area contributed by atoms with Gasteiger partial charge < -0.3 is 5.32 Å². The molecule has 0 atom stereocenters. The summed E-state index contributed by atoms with van der Waals surface area (Å²) in [7, 11) is 0. The summed E-state index contributed by atoms with van der Waals surface area (Å²) in [5.74, 6) is 0. The van der Waals surface area contributed by atoms with E-state index in [2.05, 4.69) is 43.4 Å². The third-order valence-corrected chi connectivity index (χ3v) is 4.11. The summed E-state index contributed by atoms with van der Waals surface area (Å²) in [6, 6.07) is 0. The Morgan fingerprint density at radius 2 is 2.00 bits per heavy atom. The molecular weight excluding hydrogens is 204 g/mol. The third-order valence-electron chi connectivity index (χ3n) is 2.95. The number of thiazole rings is 1. The van der Waals surface area contributed by atoms with Gasteiger partial charge in [-0.3, -0.25) is 0 Å². The van der Waals surface area contributed by atoms with Gasteiger partial charge in [0.25, 0.3) is 0 Å². The third kappa shape index (κ3) is 2.79. The average molecular weight is 226 g/mol. The number of nitrogens with one attached hydrogen (secondary N) is 1. The highest BCUT2D eigenvalue weighted by molar-refractivity contribution is 7.09. The number of hydrogen-bond donors (Lipinski definition) is 1. The molecule has 15 heavy (non-hydrogen) atoms. The average Bonchev–Trinajstić information content (AvgIpc) is 2.68. The molecule has 1 aromatic rings. The molecule has 0 aliphatic heterocycles. The lowest BCUT2D eigenvalue weighted by Gasteiger charge is -2.31. The molecule has 0 saturated heterocycles. The van der Waals surface area contributed by atoms with Crippen molar-refractivity contribution in [2.75, 3.05) is 6.54 Å². The second kappa shape index (κ2) is 5.61. The molecule has 0 bridgehead atoms. The molecule has 1 heterocycles. The van der Waals surface area contributed by atoms with Gasteiger partial charge >= 0.3 is 0 Å². The highest BCUT2D eigenvalue weighted by Crippen LogP contribution is 2.31. The number of hydrogen-bond acceptors (Lipinski definition) is 3. The van der Waals surface area contributed by atoms with Crippen LogP contribution in [0, 0.1) is 6.92 Å². The molecule has 1 N–H and O–H groups in total. The van der Waals surface area contributed by atoms with E-state index < -0.39 is 0 Å². The van der Waals surface area contributed by atoms with Crippen molar-refractivity contribution in [2.24, 2.45) is 0 Å². The van der Waals surface area contributed by atoms with Crippen LogP contribution in [0.5, 0.6) is 0 Å². The van der Waals surface area contributed by atoms with E-state index in [1.807, 2.05) is 0 Å². The van der Waals surface area contributed by atoms with E-state index in [1.165, 1.54) is 11.4 Å². The molecule has 1 rings (SSSR count). The molecule has 0 fully saturated rings. The monoisotopic (exact) mass is 226 g/mol. The van der Waals surface area contributed by atoms with Crippen LogP contribution in [-0.4, -0.2) is 11.5 Å². The highest BCUT2D eigenvalue weighted by Gasteiger charge is 2.30. The largest absolute Gasteiger partial charge is 0.305 e. The Morgan fingerprint density at radius 1 is 1.33 bits per heavy atom. The number of aryl methyl sites for hydroxylation is 1. The summed E-state index contributed by atoms with van der Waals surface area (Å²) in [5.41, 5.74) is 1.24. The van der Waals surface area contributed by atoms with Crippen LogP contribution in [0.1, 0.15) is 50.7 Å². The highest BCUT2D eigenvalue weighted by atomic mass is 32.1.